The van der Waals surface area contributed by atoms with E-state index in [1.165, 1.54) is 23.4 Å². The number of aromatic nitrogens is 3. The van der Waals surface area contributed by atoms with Gasteiger partial charge in [0.2, 0.25) is 12.7 Å². The van der Waals surface area contributed by atoms with Crippen molar-refractivity contribution in [2.45, 2.75) is 6.04 Å². The molecule has 3 rings (SSSR count). The van der Waals surface area contributed by atoms with Crippen molar-refractivity contribution in [1.82, 2.24) is 20.2 Å². The molecule has 10 heteroatoms. The third-order valence-corrected chi connectivity index (χ3v) is 3.30. The number of nitrogens with zero attached hydrogens (tertiary/aromatic N) is 3. The highest BCUT2D eigenvalue weighted by Crippen LogP contribution is 2.32. The molecule has 1 aliphatic heterocycles. The molecule has 0 fully saturated rings. The molecular formula is C15H15N5O5. The van der Waals surface area contributed by atoms with Crippen LogP contribution in [0.25, 0.3) is 6.08 Å². The van der Waals surface area contributed by atoms with E-state index < -0.39 is 24.5 Å². The van der Waals surface area contributed by atoms with Gasteiger partial charge in [0.15, 0.2) is 11.5 Å². The minimum Gasteiger partial charge on any atom is -0.454 e. The largest absolute Gasteiger partial charge is 0.454 e. The van der Waals surface area contributed by atoms with Gasteiger partial charge in [-0.1, -0.05) is 6.07 Å². The summed E-state index contributed by atoms with van der Waals surface area (Å²) in [6, 6.07) is 4.12. The summed E-state index contributed by atoms with van der Waals surface area (Å²) < 4.78 is 11.7. The minimum absolute atomic E-state index is 0.169. The molecule has 130 valence electrons. The van der Waals surface area contributed by atoms with Crippen LogP contribution in [0.1, 0.15) is 5.56 Å². The van der Waals surface area contributed by atoms with E-state index in [1.807, 2.05) is 0 Å². The minimum atomic E-state index is -1.11. The molecule has 0 radical (unpaired) electrons. The van der Waals surface area contributed by atoms with E-state index >= 15 is 0 Å². The highest BCUT2D eigenvalue weighted by atomic mass is 16.7. The van der Waals surface area contributed by atoms with Crippen LogP contribution in [0, 0.1) is 0 Å². The van der Waals surface area contributed by atoms with E-state index in [1.54, 1.807) is 24.3 Å². The zero-order valence-electron chi connectivity index (χ0n) is 13.0. The van der Waals surface area contributed by atoms with Crippen LogP contribution in [0.4, 0.5) is 0 Å². The first-order valence-electron chi connectivity index (χ1n) is 7.30. The predicted molar refractivity (Wildman–Crippen MR) is 85.0 cm³/mol. The van der Waals surface area contributed by atoms with Gasteiger partial charge in [0.05, 0.1) is 6.61 Å². The van der Waals surface area contributed by atoms with Crippen LogP contribution in [0.3, 0.4) is 0 Å². The summed E-state index contributed by atoms with van der Waals surface area (Å²) in [6.07, 6.45) is 5.36. The lowest BCUT2D eigenvalue weighted by atomic mass is 10.2. The Labute approximate surface area is 142 Å². The number of carbonyl (C=O) groups is 2. The maximum Gasteiger partial charge on any atom is 0.263 e. The molecule has 1 aromatic carbocycles. The van der Waals surface area contributed by atoms with E-state index in [0.29, 0.717) is 11.5 Å². The summed E-state index contributed by atoms with van der Waals surface area (Å²) in [5.74, 6) is 0.111. The van der Waals surface area contributed by atoms with Gasteiger partial charge in [0.1, 0.15) is 18.7 Å². The van der Waals surface area contributed by atoms with Crippen molar-refractivity contribution in [2.75, 3.05) is 18.8 Å². The van der Waals surface area contributed by atoms with E-state index in [9.17, 15) is 14.7 Å². The summed E-state index contributed by atoms with van der Waals surface area (Å²) in [4.78, 5) is 23.9. The van der Waals surface area contributed by atoms with E-state index in [4.69, 9.17) is 9.47 Å². The Hall–Kier alpha value is -3.40. The first-order chi connectivity index (χ1) is 12.2. The Morgan fingerprint density at radius 1 is 1.28 bits per heavy atom. The van der Waals surface area contributed by atoms with Gasteiger partial charge in [-0.15, -0.1) is 10.2 Å². The fraction of sp³-hybridized carbons (Fsp3) is 0.200. The van der Waals surface area contributed by atoms with E-state index in [-0.39, 0.29) is 6.79 Å². The van der Waals surface area contributed by atoms with Crippen molar-refractivity contribution in [1.29, 1.82) is 0 Å². The Balaban J connectivity index is 1.57. The normalized spacial score (nSPS) is 13.6. The first-order valence-corrected chi connectivity index (χ1v) is 7.30. The van der Waals surface area contributed by atoms with Crippen molar-refractivity contribution in [2.24, 2.45) is 0 Å². The SMILES string of the molecule is O=C(C=Cc1ccc2c(c1)OCO2)NC(CO)C(=O)Nn1cnnc1. The van der Waals surface area contributed by atoms with Gasteiger partial charge in [-0.05, 0) is 23.8 Å². The number of hydrogen-bond donors (Lipinski definition) is 3. The van der Waals surface area contributed by atoms with E-state index in [2.05, 4.69) is 20.9 Å². The number of aliphatic hydroxyl groups is 1. The molecule has 2 amide bonds. The summed E-state index contributed by atoms with van der Waals surface area (Å²) in [5.41, 5.74) is 3.13. The number of fused-ring (bicyclic) bond motifs is 1. The molecule has 1 aliphatic rings. The van der Waals surface area contributed by atoms with Crippen LogP contribution < -0.4 is 20.2 Å². The van der Waals surface area contributed by atoms with Crippen molar-refractivity contribution >= 4 is 17.9 Å². The fourth-order valence-electron chi connectivity index (χ4n) is 2.07. The monoisotopic (exact) mass is 345 g/mol. The van der Waals surface area contributed by atoms with E-state index in [0.717, 1.165) is 5.56 Å². The first kappa shape index (κ1) is 16.5. The molecule has 1 atom stereocenters. The predicted octanol–water partition coefficient (Wildman–Crippen LogP) is -0.733. The van der Waals surface area contributed by atoms with Crippen molar-refractivity contribution < 1.29 is 24.2 Å². The standard InChI is InChI=1S/C15H15N5O5/c21-6-11(15(23)19-20-7-16-17-8-20)18-14(22)4-2-10-1-3-12-13(5-10)25-9-24-12/h1-5,7-8,11,21H,6,9H2,(H,18,22)(H,19,23). The molecule has 25 heavy (non-hydrogen) atoms. The van der Waals surface area contributed by atoms with Crippen molar-refractivity contribution in [3.05, 3.63) is 42.5 Å². The van der Waals surface area contributed by atoms with Gasteiger partial charge in [0, 0.05) is 6.08 Å². The third-order valence-electron chi connectivity index (χ3n) is 3.30. The summed E-state index contributed by atoms with van der Waals surface area (Å²) >= 11 is 0. The van der Waals surface area contributed by atoms with Crippen LogP contribution >= 0.6 is 0 Å². The average Bonchev–Trinajstić information content (AvgIpc) is 3.28. The summed E-state index contributed by atoms with van der Waals surface area (Å²) in [7, 11) is 0. The maximum absolute atomic E-state index is 12.0. The lowest BCUT2D eigenvalue weighted by Crippen LogP contribution is -2.47. The number of carbonyl (C=O) groups excluding carboxylic acids is 2. The number of ether oxygens (including phenoxy) is 2. The maximum atomic E-state index is 12.0. The van der Waals surface area contributed by atoms with Crippen molar-refractivity contribution in [3.8, 4) is 11.5 Å². The fourth-order valence-corrected chi connectivity index (χ4v) is 2.07. The number of hydrogen-bond acceptors (Lipinski definition) is 7. The quantitative estimate of drug-likeness (QED) is 0.589. The highest BCUT2D eigenvalue weighted by molar-refractivity contribution is 5.97. The molecular weight excluding hydrogens is 330 g/mol. The number of rotatable bonds is 6. The molecule has 1 unspecified atom stereocenters. The van der Waals surface area contributed by atoms with Crippen LogP contribution in [0.15, 0.2) is 36.9 Å². The zero-order chi connectivity index (χ0) is 17.6. The van der Waals surface area contributed by atoms with Crippen LogP contribution in [0.5, 0.6) is 11.5 Å². The molecule has 0 saturated heterocycles. The number of aliphatic hydroxyl groups excluding tert-OH is 1. The second kappa shape index (κ2) is 7.45. The molecule has 0 saturated carbocycles. The Morgan fingerprint density at radius 3 is 2.80 bits per heavy atom. The van der Waals surface area contributed by atoms with Gasteiger partial charge < -0.3 is 19.9 Å². The van der Waals surface area contributed by atoms with Gasteiger partial charge in [-0.2, -0.15) is 0 Å². The van der Waals surface area contributed by atoms with Gasteiger partial charge >= 0.3 is 0 Å². The highest BCUT2D eigenvalue weighted by Gasteiger charge is 2.19. The number of benzene rings is 1. The molecule has 0 aliphatic carbocycles. The van der Waals surface area contributed by atoms with Crippen LogP contribution in [-0.2, 0) is 9.59 Å². The molecule has 3 N–H and O–H groups in total. The lowest BCUT2D eigenvalue weighted by Gasteiger charge is -2.14. The smallest absolute Gasteiger partial charge is 0.263 e. The zero-order valence-corrected chi connectivity index (χ0v) is 13.0. The lowest BCUT2D eigenvalue weighted by molar-refractivity contribution is -0.125. The topological polar surface area (TPSA) is 128 Å². The Bertz CT molecular complexity index is 790. The molecule has 0 spiro atoms. The summed E-state index contributed by atoms with van der Waals surface area (Å²) in [5, 5.41) is 18.8. The van der Waals surface area contributed by atoms with Crippen LogP contribution in [-0.4, -0.2) is 51.2 Å². The number of amides is 2. The Morgan fingerprint density at radius 2 is 2.04 bits per heavy atom. The number of nitrogens with one attached hydrogen (secondary N) is 2. The second-order valence-electron chi connectivity index (χ2n) is 5.03. The third kappa shape index (κ3) is 4.12. The molecule has 10 nitrogen and oxygen atoms in total. The molecule has 1 aromatic heterocycles. The van der Waals surface area contributed by atoms with Gasteiger partial charge in [0.25, 0.3) is 5.91 Å². The molecule has 0 bridgehead atoms. The van der Waals surface area contributed by atoms with Crippen LogP contribution in [0.2, 0.25) is 0 Å². The molecule has 2 aromatic rings. The van der Waals surface area contributed by atoms with Gasteiger partial charge in [-0.3, -0.25) is 15.0 Å². The summed E-state index contributed by atoms with van der Waals surface area (Å²) in [6.45, 7) is -0.389. The second-order valence-corrected chi connectivity index (χ2v) is 5.03. The van der Waals surface area contributed by atoms with Crippen molar-refractivity contribution in [3.63, 3.8) is 0 Å². The average molecular weight is 345 g/mol. The van der Waals surface area contributed by atoms with Gasteiger partial charge in [-0.25, -0.2) is 4.68 Å². The molecule has 2 heterocycles. The Kier molecular flexibility index (Phi) is 4.90.